The summed E-state index contributed by atoms with van der Waals surface area (Å²) in [6, 6.07) is 0. The summed E-state index contributed by atoms with van der Waals surface area (Å²) in [5.74, 6) is 1.73. The predicted octanol–water partition coefficient (Wildman–Crippen LogP) is 6.39. The number of Topliss-reactive ketones (excluding diaryl/α,β-unsaturated/α-hetero) is 1. The molecule has 0 aromatic heterocycles. The number of hydrogen-bond acceptors (Lipinski definition) is 3. The van der Waals surface area contributed by atoms with Crippen LogP contribution in [0.3, 0.4) is 0 Å². The Morgan fingerprint density at radius 1 is 0.862 bits per heavy atom. The molecule has 0 unspecified atom stereocenters. The molecule has 0 aliphatic heterocycles. The molecule has 0 radical (unpaired) electrons. The van der Waals surface area contributed by atoms with Crippen LogP contribution in [0.5, 0.6) is 0 Å². The van der Waals surface area contributed by atoms with E-state index in [0.717, 1.165) is 19.1 Å². The van der Waals surface area contributed by atoms with Gasteiger partial charge in [-0.2, -0.15) is 0 Å². The van der Waals surface area contributed by atoms with E-state index in [0.29, 0.717) is 17.6 Å². The fourth-order valence-electron chi connectivity index (χ4n) is 4.91. The molecule has 0 amide bonds. The van der Waals surface area contributed by atoms with Gasteiger partial charge in [0.15, 0.2) is 5.78 Å². The van der Waals surface area contributed by atoms with Crippen LogP contribution in [0, 0.1) is 34.5 Å². The van der Waals surface area contributed by atoms with Gasteiger partial charge < -0.3 is 4.79 Å². The van der Waals surface area contributed by atoms with Gasteiger partial charge in [-0.15, -0.1) is 0 Å². The Kier molecular flexibility index (Phi) is 11.3. The minimum atomic E-state index is 0.102. The number of carbonyl (C=O) groups excluding carboxylic acids is 3. The summed E-state index contributed by atoms with van der Waals surface area (Å²) in [5, 5.41) is 0. The Labute approximate surface area is 178 Å². The molecule has 29 heavy (non-hydrogen) atoms. The molecule has 2 rings (SSSR count). The molecule has 0 fully saturated rings. The van der Waals surface area contributed by atoms with Gasteiger partial charge in [-0.1, -0.05) is 71.9 Å². The quantitative estimate of drug-likeness (QED) is 0.312. The van der Waals surface area contributed by atoms with Crippen LogP contribution in [-0.4, -0.2) is 17.9 Å². The third kappa shape index (κ3) is 8.24. The van der Waals surface area contributed by atoms with Gasteiger partial charge in [-0.05, 0) is 62.4 Å². The van der Waals surface area contributed by atoms with Gasteiger partial charge >= 0.3 is 0 Å². The summed E-state index contributed by atoms with van der Waals surface area (Å²) in [6.07, 6.45) is 15.1. The van der Waals surface area contributed by atoms with Crippen molar-refractivity contribution in [3.8, 4) is 0 Å². The summed E-state index contributed by atoms with van der Waals surface area (Å²) in [7, 11) is 0. The maximum absolute atomic E-state index is 11.9. The third-order valence-corrected chi connectivity index (χ3v) is 5.98. The average Bonchev–Trinajstić information content (AvgIpc) is 2.54. The second-order valence-corrected chi connectivity index (χ2v) is 9.66. The van der Waals surface area contributed by atoms with Crippen molar-refractivity contribution in [1.82, 2.24) is 0 Å². The summed E-state index contributed by atoms with van der Waals surface area (Å²) < 4.78 is 0. The average molecular weight is 403 g/mol. The lowest BCUT2D eigenvalue weighted by atomic mass is 9.65. The minimum Gasteiger partial charge on any atom is -0.304 e. The lowest BCUT2D eigenvalue weighted by Gasteiger charge is -2.38. The van der Waals surface area contributed by atoms with Crippen LogP contribution in [0.2, 0.25) is 0 Å². The van der Waals surface area contributed by atoms with E-state index in [1.165, 1.54) is 6.92 Å². The molecule has 2 aliphatic carbocycles. The largest absolute Gasteiger partial charge is 0.304 e. The second kappa shape index (κ2) is 12.0. The first-order valence-corrected chi connectivity index (χ1v) is 10.8. The second-order valence-electron chi connectivity index (χ2n) is 9.66. The molecule has 0 N–H and O–H groups in total. The molecule has 0 spiro atoms. The Bertz CT molecular complexity index is 634. The topological polar surface area (TPSA) is 51.2 Å². The first-order chi connectivity index (χ1) is 13.4. The van der Waals surface area contributed by atoms with Crippen LogP contribution in [-0.2, 0) is 14.4 Å². The lowest BCUT2D eigenvalue weighted by molar-refractivity contribution is -0.126. The van der Waals surface area contributed by atoms with E-state index in [1.807, 2.05) is 13.0 Å². The molecule has 2 aliphatic rings. The lowest BCUT2D eigenvalue weighted by Crippen LogP contribution is -2.36. The standard InChI is InChI=1S/C13H20O.C11H18O.C2H4O/c1-5-7-11(14)12-10(2)8-6-9-13(12,3)4;1-8-6-5-7-11(3,4)10(8)9(2)12;1-2-3/h5-8,10,12H,9H2,1-4H3;5-6,8,10H,7H2,1-4H3;2H,1H3/b7-5+;;/t10-,12-;8-,10-;/m00./s1. The molecule has 0 aromatic rings. The molecule has 0 bridgehead atoms. The minimum absolute atomic E-state index is 0.102. The molecule has 0 saturated heterocycles. The summed E-state index contributed by atoms with van der Waals surface area (Å²) in [5.41, 5.74) is 0.255. The molecule has 0 saturated carbocycles. The molecule has 4 atom stereocenters. The van der Waals surface area contributed by atoms with Crippen LogP contribution in [0.15, 0.2) is 36.5 Å². The van der Waals surface area contributed by atoms with Crippen molar-refractivity contribution >= 4 is 17.9 Å². The van der Waals surface area contributed by atoms with Crippen molar-refractivity contribution in [3.05, 3.63) is 36.5 Å². The first kappa shape index (κ1) is 27.2. The number of carbonyl (C=O) groups is 3. The first-order valence-electron chi connectivity index (χ1n) is 10.8. The van der Waals surface area contributed by atoms with Crippen LogP contribution in [0.25, 0.3) is 0 Å². The van der Waals surface area contributed by atoms with Gasteiger partial charge in [0.05, 0.1) is 0 Å². The Hall–Kier alpha value is -1.77. The highest BCUT2D eigenvalue weighted by Gasteiger charge is 2.38. The molecular formula is C26H42O3. The summed E-state index contributed by atoms with van der Waals surface area (Å²) in [4.78, 5) is 32.1. The van der Waals surface area contributed by atoms with Gasteiger partial charge in [0.2, 0.25) is 0 Å². The van der Waals surface area contributed by atoms with Crippen LogP contribution >= 0.6 is 0 Å². The van der Waals surface area contributed by atoms with Crippen molar-refractivity contribution in [3.63, 3.8) is 0 Å². The molecule has 3 heteroatoms. The van der Waals surface area contributed by atoms with Gasteiger partial charge in [0.25, 0.3) is 0 Å². The maximum atomic E-state index is 11.9. The van der Waals surface area contributed by atoms with E-state index in [-0.39, 0.29) is 28.4 Å². The fourth-order valence-corrected chi connectivity index (χ4v) is 4.91. The van der Waals surface area contributed by atoms with Gasteiger partial charge in [0, 0.05) is 11.8 Å². The highest BCUT2D eigenvalue weighted by molar-refractivity contribution is 5.92. The Balaban J connectivity index is 0.000000481. The van der Waals surface area contributed by atoms with Gasteiger partial charge in [0.1, 0.15) is 12.1 Å². The zero-order valence-electron chi connectivity index (χ0n) is 20.0. The van der Waals surface area contributed by atoms with Crippen LogP contribution < -0.4 is 0 Å². The molecule has 3 nitrogen and oxygen atoms in total. The zero-order chi connectivity index (χ0) is 22.8. The van der Waals surface area contributed by atoms with Crippen molar-refractivity contribution in [2.75, 3.05) is 0 Å². The van der Waals surface area contributed by atoms with E-state index < -0.39 is 0 Å². The van der Waals surface area contributed by atoms with E-state index in [2.05, 4.69) is 65.8 Å². The SMILES string of the molecule is C/C=C/C(=O)[C@@H]1[C@@H](C)C=CCC1(C)C.CC(=O)[C@@H]1[C@@H](C)C=CCC1(C)C.CC=O. The summed E-state index contributed by atoms with van der Waals surface area (Å²) >= 11 is 0. The zero-order valence-corrected chi connectivity index (χ0v) is 20.0. The van der Waals surface area contributed by atoms with Crippen molar-refractivity contribution in [1.29, 1.82) is 0 Å². The number of allylic oxidation sites excluding steroid dienone is 6. The fraction of sp³-hybridized carbons (Fsp3) is 0.654. The summed E-state index contributed by atoms with van der Waals surface area (Å²) in [6.45, 7) is 18.0. The van der Waals surface area contributed by atoms with Crippen LogP contribution in [0.4, 0.5) is 0 Å². The van der Waals surface area contributed by atoms with Crippen molar-refractivity contribution < 1.29 is 14.4 Å². The third-order valence-electron chi connectivity index (χ3n) is 5.98. The number of aldehydes is 1. The Morgan fingerprint density at radius 3 is 1.52 bits per heavy atom. The maximum Gasteiger partial charge on any atom is 0.159 e. The highest BCUT2D eigenvalue weighted by atomic mass is 16.1. The number of hydrogen-bond donors (Lipinski definition) is 0. The molecule has 0 aromatic carbocycles. The predicted molar refractivity (Wildman–Crippen MR) is 123 cm³/mol. The van der Waals surface area contributed by atoms with E-state index in [9.17, 15) is 9.59 Å². The molecule has 164 valence electrons. The normalized spacial score (nSPS) is 29.1. The monoisotopic (exact) mass is 402 g/mol. The van der Waals surface area contributed by atoms with Gasteiger partial charge in [-0.25, -0.2) is 0 Å². The van der Waals surface area contributed by atoms with E-state index >= 15 is 0 Å². The van der Waals surface area contributed by atoms with E-state index in [4.69, 9.17) is 4.79 Å². The Morgan fingerprint density at radius 2 is 1.24 bits per heavy atom. The van der Waals surface area contributed by atoms with Gasteiger partial charge in [-0.3, -0.25) is 9.59 Å². The highest BCUT2D eigenvalue weighted by Crippen LogP contribution is 2.41. The van der Waals surface area contributed by atoms with E-state index in [1.54, 1.807) is 13.0 Å². The van der Waals surface area contributed by atoms with Crippen molar-refractivity contribution in [2.45, 2.75) is 75.2 Å². The van der Waals surface area contributed by atoms with Crippen molar-refractivity contribution in [2.24, 2.45) is 34.5 Å². The number of ketones is 2. The number of rotatable bonds is 3. The molecular weight excluding hydrogens is 360 g/mol. The molecule has 0 heterocycles. The smallest absolute Gasteiger partial charge is 0.159 e. The van der Waals surface area contributed by atoms with Crippen LogP contribution in [0.1, 0.15) is 75.2 Å².